The Morgan fingerprint density at radius 1 is 1.18 bits per heavy atom. The lowest BCUT2D eigenvalue weighted by Gasteiger charge is -2.27. The summed E-state index contributed by atoms with van der Waals surface area (Å²) in [4.78, 5) is 32.4. The van der Waals surface area contributed by atoms with Crippen molar-refractivity contribution in [3.05, 3.63) is 71.8 Å². The van der Waals surface area contributed by atoms with Crippen molar-refractivity contribution in [1.29, 1.82) is 0 Å². The van der Waals surface area contributed by atoms with Crippen LogP contribution in [0.15, 0.2) is 54.2 Å². The highest BCUT2D eigenvalue weighted by Gasteiger charge is 2.43. The molecule has 5 rings (SSSR count). The number of pyridine rings is 1. The second-order valence-electron chi connectivity index (χ2n) is 10.8. The molecule has 0 spiro atoms. The second-order valence-corrected chi connectivity index (χ2v) is 13.0. The summed E-state index contributed by atoms with van der Waals surface area (Å²) in [6, 6.07) is 3.31. The first-order chi connectivity index (χ1) is 18.4. The first kappa shape index (κ1) is 27.4. The summed E-state index contributed by atoms with van der Waals surface area (Å²) in [6.07, 6.45) is 7.20. The minimum absolute atomic E-state index is 0.0201. The van der Waals surface area contributed by atoms with Gasteiger partial charge < -0.3 is 10.2 Å². The summed E-state index contributed by atoms with van der Waals surface area (Å²) in [5, 5.41) is 2.47. The Hall–Kier alpha value is -3.21. The molecule has 1 N–H and O–H groups in total. The molecule has 0 unspecified atom stereocenters. The van der Waals surface area contributed by atoms with Crippen molar-refractivity contribution in [3.63, 3.8) is 0 Å². The molecule has 7 nitrogen and oxygen atoms in total. The number of alkyl halides is 2. The molecule has 208 valence electrons. The maximum absolute atomic E-state index is 14.5. The molecule has 1 aliphatic heterocycles. The van der Waals surface area contributed by atoms with E-state index in [0.717, 1.165) is 25.0 Å². The van der Waals surface area contributed by atoms with E-state index in [1.165, 1.54) is 29.4 Å². The third kappa shape index (κ3) is 5.59. The van der Waals surface area contributed by atoms with Gasteiger partial charge in [-0.05, 0) is 67.7 Å². The molecule has 2 heterocycles. The Balaban J connectivity index is 1.38. The summed E-state index contributed by atoms with van der Waals surface area (Å²) in [5.74, 6) is -5.50. The summed E-state index contributed by atoms with van der Waals surface area (Å²) < 4.78 is 67.3. The molecule has 2 aromatic rings. The molecule has 0 bridgehead atoms. The fourth-order valence-electron chi connectivity index (χ4n) is 5.17. The SMILES string of the molecule is C=C[C@@H]1C[C@H](C(=O)N[C@@H](c2ccc(C(C)(F)F)c(F)c2)C2CC2)N(C(=O)c2cncc(S(=O)(=O)C3CC3)c2)C1. The van der Waals surface area contributed by atoms with Crippen LogP contribution in [-0.4, -0.2) is 48.0 Å². The number of likely N-dealkylation sites (tertiary alicyclic amines) is 1. The van der Waals surface area contributed by atoms with E-state index in [9.17, 15) is 31.2 Å². The van der Waals surface area contributed by atoms with Crippen molar-refractivity contribution in [3.8, 4) is 0 Å². The summed E-state index contributed by atoms with van der Waals surface area (Å²) in [7, 11) is -3.56. The van der Waals surface area contributed by atoms with Crippen molar-refractivity contribution in [1.82, 2.24) is 15.2 Å². The average molecular weight is 562 g/mol. The minimum atomic E-state index is -3.56. The van der Waals surface area contributed by atoms with Crippen molar-refractivity contribution in [2.45, 2.75) is 67.2 Å². The molecule has 2 amide bonds. The second kappa shape index (κ2) is 10.1. The Bertz CT molecular complexity index is 1420. The van der Waals surface area contributed by atoms with E-state index in [1.54, 1.807) is 6.08 Å². The molecule has 3 aliphatic rings. The predicted molar refractivity (Wildman–Crippen MR) is 137 cm³/mol. The van der Waals surface area contributed by atoms with Gasteiger partial charge in [-0.3, -0.25) is 14.6 Å². The lowest BCUT2D eigenvalue weighted by Crippen LogP contribution is -2.47. The lowest BCUT2D eigenvalue weighted by atomic mass is 9.98. The van der Waals surface area contributed by atoms with Crippen molar-refractivity contribution >= 4 is 21.7 Å². The topological polar surface area (TPSA) is 96.4 Å². The zero-order valence-corrected chi connectivity index (χ0v) is 22.3. The Morgan fingerprint density at radius 2 is 1.90 bits per heavy atom. The number of amides is 2. The summed E-state index contributed by atoms with van der Waals surface area (Å²) in [6.45, 7) is 4.63. The predicted octanol–water partition coefficient (Wildman–Crippen LogP) is 4.55. The summed E-state index contributed by atoms with van der Waals surface area (Å²) >= 11 is 0. The van der Waals surface area contributed by atoms with Gasteiger partial charge in [0.1, 0.15) is 11.9 Å². The van der Waals surface area contributed by atoms with Gasteiger partial charge in [-0.1, -0.05) is 12.1 Å². The monoisotopic (exact) mass is 561 g/mol. The Labute approximate surface area is 225 Å². The van der Waals surface area contributed by atoms with Crippen LogP contribution in [-0.2, 0) is 20.6 Å². The maximum Gasteiger partial charge on any atom is 0.273 e. The third-order valence-electron chi connectivity index (χ3n) is 7.70. The number of sulfone groups is 1. The Kier molecular flexibility index (Phi) is 7.07. The van der Waals surface area contributed by atoms with E-state index >= 15 is 0 Å². The van der Waals surface area contributed by atoms with Crippen LogP contribution in [0.4, 0.5) is 13.2 Å². The highest BCUT2D eigenvalue weighted by molar-refractivity contribution is 7.92. The van der Waals surface area contributed by atoms with Crippen LogP contribution >= 0.6 is 0 Å². The number of nitrogens with zero attached hydrogens (tertiary/aromatic N) is 2. The number of hydrogen-bond donors (Lipinski definition) is 1. The van der Waals surface area contributed by atoms with Crippen LogP contribution in [0, 0.1) is 17.7 Å². The molecular formula is C28H30F3N3O4S. The van der Waals surface area contributed by atoms with Gasteiger partial charge in [-0.15, -0.1) is 6.58 Å². The van der Waals surface area contributed by atoms with Gasteiger partial charge in [0, 0.05) is 25.9 Å². The quantitative estimate of drug-likeness (QED) is 0.453. The van der Waals surface area contributed by atoms with E-state index in [0.29, 0.717) is 31.7 Å². The van der Waals surface area contributed by atoms with E-state index in [2.05, 4.69) is 16.9 Å². The molecule has 0 radical (unpaired) electrons. The molecule has 11 heteroatoms. The van der Waals surface area contributed by atoms with Gasteiger partial charge in [0.15, 0.2) is 9.84 Å². The van der Waals surface area contributed by atoms with E-state index in [1.807, 2.05) is 0 Å². The van der Waals surface area contributed by atoms with Crippen LogP contribution < -0.4 is 5.32 Å². The highest BCUT2D eigenvalue weighted by atomic mass is 32.2. The summed E-state index contributed by atoms with van der Waals surface area (Å²) in [5.41, 5.74) is -0.265. The highest BCUT2D eigenvalue weighted by Crippen LogP contribution is 2.42. The minimum Gasteiger partial charge on any atom is -0.347 e. The third-order valence-corrected chi connectivity index (χ3v) is 9.93. The molecule has 3 atom stereocenters. The van der Waals surface area contributed by atoms with Gasteiger partial charge in [0.2, 0.25) is 5.91 Å². The molecule has 1 saturated heterocycles. The zero-order chi connectivity index (χ0) is 28.1. The van der Waals surface area contributed by atoms with E-state index in [4.69, 9.17) is 0 Å². The number of hydrogen-bond acceptors (Lipinski definition) is 5. The molecule has 1 aromatic carbocycles. The Morgan fingerprint density at radius 3 is 2.49 bits per heavy atom. The average Bonchev–Trinajstić information content (AvgIpc) is 3.82. The lowest BCUT2D eigenvalue weighted by molar-refractivity contribution is -0.125. The number of nitrogens with one attached hydrogen (secondary N) is 1. The van der Waals surface area contributed by atoms with Crippen molar-refractivity contribution < 1.29 is 31.2 Å². The normalized spacial score (nSPS) is 22.4. The van der Waals surface area contributed by atoms with Crippen molar-refractivity contribution in [2.24, 2.45) is 11.8 Å². The molecule has 39 heavy (non-hydrogen) atoms. The van der Waals surface area contributed by atoms with Gasteiger partial charge in [0.05, 0.1) is 27.3 Å². The fourth-order valence-corrected chi connectivity index (χ4v) is 6.81. The van der Waals surface area contributed by atoms with Crippen molar-refractivity contribution in [2.75, 3.05) is 6.54 Å². The largest absolute Gasteiger partial charge is 0.347 e. The fraction of sp³-hybridized carbons (Fsp3) is 0.464. The van der Waals surface area contributed by atoms with Gasteiger partial charge in [0.25, 0.3) is 11.8 Å². The first-order valence-corrected chi connectivity index (χ1v) is 14.6. The van der Waals surface area contributed by atoms with E-state index < -0.39 is 56.3 Å². The number of benzene rings is 1. The van der Waals surface area contributed by atoms with E-state index in [-0.39, 0.29) is 28.8 Å². The zero-order valence-electron chi connectivity index (χ0n) is 21.4. The van der Waals surface area contributed by atoms with Crippen LogP contribution in [0.5, 0.6) is 0 Å². The van der Waals surface area contributed by atoms with Crippen LogP contribution in [0.3, 0.4) is 0 Å². The number of rotatable bonds is 9. The van der Waals surface area contributed by atoms with Crippen LogP contribution in [0.2, 0.25) is 0 Å². The number of carbonyl (C=O) groups excluding carboxylic acids is 2. The first-order valence-electron chi connectivity index (χ1n) is 13.0. The van der Waals surface area contributed by atoms with Gasteiger partial charge >= 0.3 is 0 Å². The number of carbonyl (C=O) groups is 2. The van der Waals surface area contributed by atoms with Gasteiger partial charge in [-0.25, -0.2) is 21.6 Å². The molecule has 1 aromatic heterocycles. The standard InChI is InChI=1S/C28H30F3N3O4S/c1-3-16-10-24(34(15-16)27(36)19-11-21(14-32-13-19)39(37,38)20-7-8-20)26(35)33-25(17-4-5-17)18-6-9-22(23(29)12-18)28(2,30)31/h3,6,9,11-14,16-17,20,24-25H,1,4-5,7-8,10,15H2,2H3,(H,33,35)/t16-,24-,25-/m1/s1. The van der Waals surface area contributed by atoms with Crippen LogP contribution in [0.1, 0.15) is 66.6 Å². The maximum atomic E-state index is 14.5. The molecular weight excluding hydrogens is 531 g/mol. The molecule has 2 aliphatic carbocycles. The molecule has 2 saturated carbocycles. The smallest absolute Gasteiger partial charge is 0.273 e. The van der Waals surface area contributed by atoms with Crippen LogP contribution in [0.25, 0.3) is 0 Å². The molecule has 3 fully saturated rings. The number of aromatic nitrogens is 1. The number of halogens is 3. The van der Waals surface area contributed by atoms with Gasteiger partial charge in [-0.2, -0.15) is 0 Å².